The minimum atomic E-state index is 0.539. The molecule has 12 heavy (non-hydrogen) atoms. The molecule has 0 aliphatic rings. The molecule has 0 bridgehead atoms. The van der Waals surface area contributed by atoms with E-state index in [9.17, 15) is 0 Å². The first-order chi connectivity index (χ1) is 5.77. The second-order valence-corrected chi connectivity index (χ2v) is 2.53. The van der Waals surface area contributed by atoms with Crippen LogP contribution in [0.15, 0.2) is 4.42 Å². The first kappa shape index (κ1) is 8.99. The van der Waals surface area contributed by atoms with Crippen molar-refractivity contribution in [3.63, 3.8) is 0 Å². The lowest BCUT2D eigenvalue weighted by Crippen LogP contribution is -2.15. The van der Waals surface area contributed by atoms with Crippen LogP contribution >= 0.6 is 0 Å². The molecular weight excluding hydrogens is 156 g/mol. The number of hydrogen-bond acceptors (Lipinski definition) is 5. The van der Waals surface area contributed by atoms with Crippen molar-refractivity contribution in [2.24, 2.45) is 5.73 Å². The van der Waals surface area contributed by atoms with Crippen molar-refractivity contribution in [2.45, 2.75) is 13.3 Å². The number of nitrogens with two attached hydrogens (primary N) is 1. The molecule has 1 aromatic rings. The zero-order chi connectivity index (χ0) is 8.97. The van der Waals surface area contributed by atoms with Gasteiger partial charge in [-0.2, -0.15) is 0 Å². The van der Waals surface area contributed by atoms with Gasteiger partial charge in [0, 0.05) is 26.6 Å². The maximum Gasteiger partial charge on any atom is 0.317 e. The summed E-state index contributed by atoms with van der Waals surface area (Å²) in [6, 6.07) is 0.556. The molecule has 0 radical (unpaired) electrons. The molecule has 5 heteroatoms. The zero-order valence-electron chi connectivity index (χ0n) is 7.45. The van der Waals surface area contributed by atoms with Gasteiger partial charge < -0.3 is 15.1 Å². The molecule has 1 aromatic heterocycles. The van der Waals surface area contributed by atoms with Gasteiger partial charge in [-0.1, -0.05) is 5.10 Å². The highest BCUT2D eigenvalue weighted by molar-refractivity contribution is 5.20. The van der Waals surface area contributed by atoms with Crippen molar-refractivity contribution in [2.75, 3.05) is 25.0 Å². The minimum Gasteiger partial charge on any atom is -0.408 e. The molecule has 0 aliphatic heterocycles. The molecule has 0 atom stereocenters. The predicted octanol–water partition coefficient (Wildman–Crippen LogP) is 0.0269. The largest absolute Gasteiger partial charge is 0.408 e. The Balaban J connectivity index is 2.63. The molecule has 1 heterocycles. The molecule has 0 spiro atoms. The van der Waals surface area contributed by atoms with Gasteiger partial charge in [0.2, 0.25) is 5.89 Å². The fraction of sp³-hybridized carbons (Fsp3) is 0.714. The monoisotopic (exact) mass is 170 g/mol. The second kappa shape index (κ2) is 4.06. The Morgan fingerprint density at radius 2 is 2.25 bits per heavy atom. The third-order valence-electron chi connectivity index (χ3n) is 1.62. The van der Waals surface area contributed by atoms with Crippen LogP contribution < -0.4 is 10.6 Å². The Morgan fingerprint density at radius 1 is 1.50 bits per heavy atom. The van der Waals surface area contributed by atoms with Crippen LogP contribution in [0.3, 0.4) is 0 Å². The first-order valence-electron chi connectivity index (χ1n) is 4.01. The summed E-state index contributed by atoms with van der Waals surface area (Å²) in [5, 5.41) is 7.70. The molecule has 0 aliphatic carbocycles. The molecule has 0 aromatic carbocycles. The maximum absolute atomic E-state index is 5.34. The lowest BCUT2D eigenvalue weighted by molar-refractivity contribution is 0.492. The molecule has 68 valence electrons. The fourth-order valence-corrected chi connectivity index (χ4v) is 0.759. The van der Waals surface area contributed by atoms with Crippen LogP contribution in [-0.4, -0.2) is 30.3 Å². The zero-order valence-corrected chi connectivity index (χ0v) is 7.45. The van der Waals surface area contributed by atoms with Gasteiger partial charge in [0.05, 0.1) is 0 Å². The van der Waals surface area contributed by atoms with Crippen LogP contribution in [0.5, 0.6) is 0 Å². The normalized spacial score (nSPS) is 10.2. The maximum atomic E-state index is 5.34. The Hall–Kier alpha value is -1.10. The van der Waals surface area contributed by atoms with Crippen molar-refractivity contribution < 1.29 is 4.42 Å². The molecule has 0 saturated carbocycles. The second-order valence-electron chi connectivity index (χ2n) is 2.53. The van der Waals surface area contributed by atoms with E-state index in [4.69, 9.17) is 10.2 Å². The lowest BCUT2D eigenvalue weighted by Gasteiger charge is -2.08. The topological polar surface area (TPSA) is 68.2 Å². The Morgan fingerprint density at radius 3 is 2.83 bits per heavy atom. The van der Waals surface area contributed by atoms with Crippen LogP contribution in [0.1, 0.15) is 12.8 Å². The quantitative estimate of drug-likeness (QED) is 0.690. The highest BCUT2D eigenvalue weighted by Crippen LogP contribution is 2.09. The van der Waals surface area contributed by atoms with Gasteiger partial charge in [0.15, 0.2) is 0 Å². The van der Waals surface area contributed by atoms with Gasteiger partial charge in [0.1, 0.15) is 0 Å². The Bertz CT molecular complexity index is 235. The molecule has 0 unspecified atom stereocenters. The Kier molecular flexibility index (Phi) is 3.04. The molecule has 1 rings (SSSR count). The molecule has 0 fully saturated rings. The van der Waals surface area contributed by atoms with E-state index in [2.05, 4.69) is 10.2 Å². The molecule has 0 amide bonds. The minimum absolute atomic E-state index is 0.539. The molecule has 0 saturated heterocycles. The number of nitrogens with zero attached hydrogens (tertiary/aromatic N) is 3. The van der Waals surface area contributed by atoms with E-state index < -0.39 is 0 Å². The van der Waals surface area contributed by atoms with Gasteiger partial charge in [-0.3, -0.25) is 0 Å². The lowest BCUT2D eigenvalue weighted by atomic mass is 10.4. The van der Waals surface area contributed by atoms with Crippen LogP contribution in [0, 0.1) is 0 Å². The highest BCUT2D eigenvalue weighted by atomic mass is 16.4. The summed E-state index contributed by atoms with van der Waals surface area (Å²) in [6.07, 6.45) is 0.643. The standard InChI is InChI=1S/C7H14N4O/c1-3-11(2)7-10-9-6(12-7)4-5-8/h3-5,8H2,1-2H3. The average Bonchev–Trinajstić information content (AvgIpc) is 2.52. The smallest absolute Gasteiger partial charge is 0.317 e. The number of aromatic nitrogens is 2. The summed E-state index contributed by atoms with van der Waals surface area (Å²) in [7, 11) is 1.90. The Labute approximate surface area is 71.6 Å². The van der Waals surface area contributed by atoms with Gasteiger partial charge in [-0.25, -0.2) is 0 Å². The van der Waals surface area contributed by atoms with Gasteiger partial charge in [-0.15, -0.1) is 5.10 Å². The number of rotatable bonds is 4. The fourth-order valence-electron chi connectivity index (χ4n) is 0.759. The van der Waals surface area contributed by atoms with E-state index >= 15 is 0 Å². The summed E-state index contributed by atoms with van der Waals surface area (Å²) in [5.41, 5.74) is 5.34. The van der Waals surface area contributed by atoms with E-state index in [-0.39, 0.29) is 0 Å². The van der Waals surface area contributed by atoms with E-state index in [1.165, 1.54) is 0 Å². The first-order valence-corrected chi connectivity index (χ1v) is 4.01. The predicted molar refractivity (Wildman–Crippen MR) is 46.0 cm³/mol. The van der Waals surface area contributed by atoms with Crippen molar-refractivity contribution >= 4 is 6.01 Å². The summed E-state index contributed by atoms with van der Waals surface area (Å²) in [6.45, 7) is 3.41. The van der Waals surface area contributed by atoms with E-state index in [0.717, 1.165) is 6.54 Å². The SMILES string of the molecule is CCN(C)c1nnc(CCN)o1. The van der Waals surface area contributed by atoms with Crippen molar-refractivity contribution in [3.8, 4) is 0 Å². The van der Waals surface area contributed by atoms with E-state index in [1.807, 2.05) is 18.9 Å². The summed E-state index contributed by atoms with van der Waals surface area (Å²) >= 11 is 0. The molecule has 2 N–H and O–H groups in total. The third kappa shape index (κ3) is 1.94. The molecule has 5 nitrogen and oxygen atoms in total. The highest BCUT2D eigenvalue weighted by Gasteiger charge is 2.07. The van der Waals surface area contributed by atoms with E-state index in [0.29, 0.717) is 24.9 Å². The van der Waals surface area contributed by atoms with Crippen molar-refractivity contribution in [1.82, 2.24) is 10.2 Å². The van der Waals surface area contributed by atoms with Crippen molar-refractivity contribution in [1.29, 1.82) is 0 Å². The summed E-state index contributed by atoms with van der Waals surface area (Å²) < 4.78 is 5.30. The average molecular weight is 170 g/mol. The van der Waals surface area contributed by atoms with Crippen molar-refractivity contribution in [3.05, 3.63) is 5.89 Å². The summed E-state index contributed by atoms with van der Waals surface area (Å²) in [5.74, 6) is 0.604. The number of anilines is 1. The third-order valence-corrected chi connectivity index (χ3v) is 1.62. The van der Waals surface area contributed by atoms with Crippen LogP contribution in [0.25, 0.3) is 0 Å². The van der Waals surface area contributed by atoms with E-state index in [1.54, 1.807) is 0 Å². The van der Waals surface area contributed by atoms with Crippen LogP contribution in [0.4, 0.5) is 6.01 Å². The summed E-state index contributed by atoms with van der Waals surface area (Å²) in [4.78, 5) is 1.88. The van der Waals surface area contributed by atoms with Crippen LogP contribution in [-0.2, 0) is 6.42 Å². The number of hydrogen-bond donors (Lipinski definition) is 1. The van der Waals surface area contributed by atoms with Gasteiger partial charge in [-0.05, 0) is 6.92 Å². The van der Waals surface area contributed by atoms with Gasteiger partial charge >= 0.3 is 6.01 Å². The van der Waals surface area contributed by atoms with Gasteiger partial charge in [0.25, 0.3) is 0 Å². The molecular formula is C7H14N4O. The van der Waals surface area contributed by atoms with Crippen LogP contribution in [0.2, 0.25) is 0 Å².